The Bertz CT molecular complexity index is 1580. The van der Waals surface area contributed by atoms with Crippen LogP contribution in [0.1, 0.15) is 101 Å². The van der Waals surface area contributed by atoms with E-state index in [4.69, 9.17) is 15.2 Å². The maximum absolute atomic E-state index is 14.7. The van der Waals surface area contributed by atoms with Gasteiger partial charge in [0.05, 0.1) is 18.3 Å². The maximum Gasteiger partial charge on any atom is 0.324 e. The standard InChI is InChI=1S/C46H84N8O10/c1-18-20-22-31(7)39(56)38(54(16)37(55)25-29(3)4)42(59)48-33(19-2)43(60)52(14)36(28-64-24-21-23-50(11)12)44(61)51(13)35(27-46(9,10)63-17)41(58)49-45(62)53(15)34(40(47)57)26-32(8)30(5)6/h18,20,29-31,33-36,38-39,56H,8,19,21-28H2,1-7,9-17H3,(H2,47,57)(H,48,59)(H,49,58,62)/b20-18+/t31-,33+,34-,35+,36-,38+,39-/m1/s1. The molecule has 7 atom stereocenters. The summed E-state index contributed by atoms with van der Waals surface area (Å²) in [7, 11) is 10.8. The van der Waals surface area contributed by atoms with Crippen molar-refractivity contribution in [3.63, 3.8) is 0 Å². The van der Waals surface area contributed by atoms with Crippen molar-refractivity contribution in [3.05, 3.63) is 24.3 Å². The number of primary amides is 1. The third-order valence-electron chi connectivity index (χ3n) is 11.6. The molecule has 0 aromatic rings. The van der Waals surface area contributed by atoms with E-state index in [1.165, 1.54) is 40.2 Å². The Hall–Kier alpha value is -4.39. The number of hydrogen-bond acceptors (Lipinski definition) is 11. The first-order chi connectivity index (χ1) is 29.6. The number of carbonyl (C=O) groups is 7. The van der Waals surface area contributed by atoms with E-state index in [0.717, 1.165) is 14.7 Å². The van der Waals surface area contributed by atoms with E-state index in [1.807, 2.05) is 65.8 Å². The number of methoxy groups -OCH3 is 1. The lowest BCUT2D eigenvalue weighted by Gasteiger charge is -2.38. The molecular formula is C46H84N8O10. The number of allylic oxidation sites excluding steroid dienone is 2. The van der Waals surface area contributed by atoms with Crippen LogP contribution in [0.15, 0.2) is 24.3 Å². The van der Waals surface area contributed by atoms with Gasteiger partial charge in [-0.15, -0.1) is 0 Å². The van der Waals surface area contributed by atoms with E-state index in [0.29, 0.717) is 25.0 Å². The highest BCUT2D eigenvalue weighted by molar-refractivity contribution is 6.01. The van der Waals surface area contributed by atoms with Crippen molar-refractivity contribution in [1.82, 2.24) is 35.1 Å². The molecule has 0 bridgehead atoms. The third kappa shape index (κ3) is 19.4. The predicted molar refractivity (Wildman–Crippen MR) is 249 cm³/mol. The van der Waals surface area contributed by atoms with Gasteiger partial charge in [0.25, 0.3) is 5.91 Å². The van der Waals surface area contributed by atoms with Crippen molar-refractivity contribution in [1.29, 1.82) is 0 Å². The lowest BCUT2D eigenvalue weighted by Crippen LogP contribution is -2.62. The second-order valence-corrected chi connectivity index (χ2v) is 18.5. The number of rotatable bonds is 29. The number of ether oxygens (including phenoxy) is 2. The van der Waals surface area contributed by atoms with Crippen LogP contribution in [0.25, 0.3) is 0 Å². The lowest BCUT2D eigenvalue weighted by atomic mass is 9.92. The molecule has 0 rings (SSSR count). The fourth-order valence-corrected chi connectivity index (χ4v) is 6.71. The average molecular weight is 909 g/mol. The number of aliphatic hydroxyl groups is 1. The van der Waals surface area contributed by atoms with Crippen LogP contribution >= 0.6 is 0 Å². The van der Waals surface area contributed by atoms with Crippen LogP contribution < -0.4 is 16.4 Å². The number of nitrogens with one attached hydrogen (secondary N) is 2. The van der Waals surface area contributed by atoms with E-state index in [-0.39, 0.29) is 56.6 Å². The molecule has 18 heteroatoms. The van der Waals surface area contributed by atoms with Crippen LogP contribution in [0.3, 0.4) is 0 Å². The van der Waals surface area contributed by atoms with Crippen LogP contribution in [0.2, 0.25) is 0 Å². The Kier molecular flexibility index (Phi) is 26.5. The number of aliphatic hydroxyl groups excluding tert-OH is 1. The van der Waals surface area contributed by atoms with E-state index in [1.54, 1.807) is 27.7 Å². The van der Waals surface area contributed by atoms with Gasteiger partial charge in [-0.05, 0) is 84.8 Å². The molecule has 64 heavy (non-hydrogen) atoms. The van der Waals surface area contributed by atoms with Crippen molar-refractivity contribution in [2.45, 2.75) is 143 Å². The molecule has 0 aliphatic carbocycles. The molecule has 0 spiro atoms. The largest absolute Gasteiger partial charge is 0.390 e. The number of likely N-dealkylation sites (N-methyl/N-ethyl adjacent to an activating group) is 4. The SMILES string of the molecule is C=C(C[C@H](C(N)=O)N(C)C(=O)NC(=O)[C@H](CC(C)(C)OC)N(C)C(=O)[C@@H](COCCCN(C)C)N(C)C(=O)[C@H](CC)NC(=O)[C@H]([C@H](O)[C@H](C)C/C=C/C)N(C)C(=O)CC(C)C)C(C)C. The smallest absolute Gasteiger partial charge is 0.324 e. The molecule has 368 valence electrons. The fraction of sp³-hybridized carbons (Fsp3) is 0.761. The number of hydrogen-bond donors (Lipinski definition) is 4. The van der Waals surface area contributed by atoms with Crippen LogP contribution in [0.5, 0.6) is 0 Å². The fourth-order valence-electron chi connectivity index (χ4n) is 6.71. The van der Waals surface area contributed by atoms with Crippen molar-refractivity contribution >= 4 is 41.5 Å². The summed E-state index contributed by atoms with van der Waals surface area (Å²) in [6.07, 6.45) is 3.63. The van der Waals surface area contributed by atoms with Crippen LogP contribution in [0, 0.1) is 17.8 Å². The first kappa shape index (κ1) is 59.6. The maximum atomic E-state index is 14.7. The first-order valence-corrected chi connectivity index (χ1v) is 22.3. The van der Waals surface area contributed by atoms with Gasteiger partial charge in [0.1, 0.15) is 30.2 Å². The Labute approximate surface area is 383 Å². The van der Waals surface area contributed by atoms with E-state index < -0.39 is 83.4 Å². The quantitative estimate of drug-likeness (QED) is 0.0631. The van der Waals surface area contributed by atoms with E-state index >= 15 is 0 Å². The van der Waals surface area contributed by atoms with E-state index in [2.05, 4.69) is 17.2 Å². The van der Waals surface area contributed by atoms with Crippen LogP contribution in [-0.2, 0) is 38.2 Å². The summed E-state index contributed by atoms with van der Waals surface area (Å²) < 4.78 is 11.6. The molecule has 0 fully saturated rings. The third-order valence-corrected chi connectivity index (χ3v) is 11.6. The summed E-state index contributed by atoms with van der Waals surface area (Å²) in [5, 5.41) is 16.6. The monoisotopic (exact) mass is 909 g/mol. The lowest BCUT2D eigenvalue weighted by molar-refractivity contribution is -0.153. The summed E-state index contributed by atoms with van der Waals surface area (Å²) >= 11 is 0. The molecule has 0 radical (unpaired) electrons. The Balaban J connectivity index is 7.02. The molecule has 0 saturated carbocycles. The number of nitrogens with zero attached hydrogens (tertiary/aromatic N) is 5. The van der Waals surface area contributed by atoms with Gasteiger partial charge in [-0.3, -0.25) is 34.1 Å². The molecule has 0 unspecified atom stereocenters. The minimum Gasteiger partial charge on any atom is -0.390 e. The molecule has 0 heterocycles. The van der Waals surface area contributed by atoms with Crippen molar-refractivity contribution in [2.75, 3.05) is 69.2 Å². The Morgan fingerprint density at radius 1 is 0.828 bits per heavy atom. The molecule has 0 aromatic heterocycles. The van der Waals surface area contributed by atoms with Crippen molar-refractivity contribution in [2.24, 2.45) is 23.5 Å². The zero-order valence-corrected chi connectivity index (χ0v) is 41.9. The number of nitrogens with two attached hydrogens (primary N) is 1. The highest BCUT2D eigenvalue weighted by atomic mass is 16.5. The highest BCUT2D eigenvalue weighted by Gasteiger charge is 2.42. The first-order valence-electron chi connectivity index (χ1n) is 22.3. The number of carbonyl (C=O) groups excluding carboxylic acids is 7. The zero-order chi connectivity index (χ0) is 49.8. The topological polar surface area (TPSA) is 224 Å². The zero-order valence-electron chi connectivity index (χ0n) is 41.9. The second kappa shape index (κ2) is 28.5. The molecule has 0 aliphatic rings. The number of imide groups is 1. The second-order valence-electron chi connectivity index (χ2n) is 18.5. The number of amides is 8. The highest BCUT2D eigenvalue weighted by Crippen LogP contribution is 2.23. The molecule has 0 aliphatic heterocycles. The molecule has 8 amide bonds. The minimum atomic E-state index is -1.34. The summed E-state index contributed by atoms with van der Waals surface area (Å²) in [5.74, 6) is -4.60. The van der Waals surface area contributed by atoms with Gasteiger partial charge in [-0.2, -0.15) is 0 Å². The molecule has 5 N–H and O–H groups in total. The average Bonchev–Trinajstić information content (AvgIpc) is 3.22. The van der Waals surface area contributed by atoms with Crippen molar-refractivity contribution in [3.8, 4) is 0 Å². The molecule has 18 nitrogen and oxygen atoms in total. The van der Waals surface area contributed by atoms with Gasteiger partial charge in [0, 0.05) is 54.7 Å². The molecule has 0 saturated heterocycles. The minimum absolute atomic E-state index is 0.00203. The van der Waals surface area contributed by atoms with Gasteiger partial charge < -0.3 is 50.1 Å². The number of urea groups is 1. The van der Waals surface area contributed by atoms with Gasteiger partial charge in [0.15, 0.2) is 0 Å². The van der Waals surface area contributed by atoms with Gasteiger partial charge >= 0.3 is 6.03 Å². The molecular weight excluding hydrogens is 825 g/mol. The molecule has 0 aromatic carbocycles. The van der Waals surface area contributed by atoms with Crippen LogP contribution in [-0.4, -0.2) is 182 Å². The normalized spacial score (nSPS) is 15.2. The Morgan fingerprint density at radius 2 is 1.41 bits per heavy atom. The van der Waals surface area contributed by atoms with E-state index in [9.17, 15) is 38.7 Å². The summed E-state index contributed by atoms with van der Waals surface area (Å²) in [5.41, 5.74) is 5.34. The van der Waals surface area contributed by atoms with Gasteiger partial charge in [-0.25, -0.2) is 4.79 Å². The summed E-state index contributed by atoms with van der Waals surface area (Å²) in [4.78, 5) is 103. The Morgan fingerprint density at radius 3 is 1.89 bits per heavy atom. The van der Waals surface area contributed by atoms with Gasteiger partial charge in [-0.1, -0.05) is 65.8 Å². The summed E-state index contributed by atoms with van der Waals surface area (Å²) in [6, 6.07) is -7.26. The predicted octanol–water partition coefficient (Wildman–Crippen LogP) is 2.78. The van der Waals surface area contributed by atoms with Crippen LogP contribution in [0.4, 0.5) is 4.79 Å². The summed E-state index contributed by atoms with van der Waals surface area (Å²) in [6.45, 7) is 20.8. The van der Waals surface area contributed by atoms with Crippen molar-refractivity contribution < 1.29 is 48.1 Å². The van der Waals surface area contributed by atoms with Gasteiger partial charge in [0.2, 0.25) is 29.5 Å².